The maximum atomic E-state index is 5.98. The van der Waals surface area contributed by atoms with Crippen molar-refractivity contribution in [2.45, 2.75) is 0 Å². The molecule has 3 heterocycles. The molecular weight excluding hydrogens is 332 g/mol. The molecule has 0 atom stereocenters. The lowest BCUT2D eigenvalue weighted by molar-refractivity contribution is 1.33. The van der Waals surface area contributed by atoms with E-state index < -0.39 is 0 Å². The number of nitrogens with zero attached hydrogens (tertiary/aromatic N) is 2. The van der Waals surface area contributed by atoms with E-state index in [0.717, 1.165) is 44.2 Å². The first-order chi connectivity index (χ1) is 12.3. The summed E-state index contributed by atoms with van der Waals surface area (Å²) >= 11 is 5.98. The number of halogens is 1. The zero-order valence-electron chi connectivity index (χ0n) is 13.1. The summed E-state index contributed by atoms with van der Waals surface area (Å²) in [6.07, 6.45) is 3.67. The quantitative estimate of drug-likeness (QED) is 0.434. The topological polar surface area (TPSA) is 53.6 Å². The van der Waals surface area contributed by atoms with Crippen LogP contribution in [0.3, 0.4) is 0 Å². The summed E-state index contributed by atoms with van der Waals surface area (Å²) in [6, 6.07) is 17.8. The monoisotopic (exact) mass is 344 g/mol. The average molecular weight is 345 g/mol. The Morgan fingerprint density at radius 3 is 2.52 bits per heavy atom. The number of hydrogen-bond acceptors (Lipinski definition) is 3. The normalized spacial score (nSPS) is 11.4. The number of fused-ring (bicyclic) bond motifs is 5. The van der Waals surface area contributed by atoms with E-state index in [0.29, 0.717) is 5.02 Å². The van der Waals surface area contributed by atoms with E-state index in [1.165, 1.54) is 0 Å². The van der Waals surface area contributed by atoms with Crippen LogP contribution >= 0.6 is 11.6 Å². The largest absolute Gasteiger partial charge is 0.340 e. The molecule has 25 heavy (non-hydrogen) atoms. The summed E-state index contributed by atoms with van der Waals surface area (Å²) < 4.78 is 0. The van der Waals surface area contributed by atoms with Crippen LogP contribution in [0.2, 0.25) is 5.02 Å². The first kappa shape index (κ1) is 14.3. The molecule has 0 unspecified atom stereocenters. The van der Waals surface area contributed by atoms with E-state index in [1.807, 2.05) is 48.7 Å². The van der Waals surface area contributed by atoms with E-state index in [9.17, 15) is 0 Å². The van der Waals surface area contributed by atoms with E-state index in [2.05, 4.69) is 27.4 Å². The molecule has 2 aromatic carbocycles. The maximum absolute atomic E-state index is 5.98. The van der Waals surface area contributed by atoms with Gasteiger partial charge in [0.15, 0.2) is 0 Å². The molecule has 5 aromatic rings. The third-order valence-electron chi connectivity index (χ3n) is 4.36. The van der Waals surface area contributed by atoms with Crippen molar-refractivity contribution in [3.63, 3.8) is 0 Å². The van der Waals surface area contributed by atoms with Crippen molar-refractivity contribution < 1.29 is 0 Å². The Labute approximate surface area is 148 Å². The second-order valence-corrected chi connectivity index (χ2v) is 6.34. The Balaban J connectivity index is 1.80. The molecule has 0 saturated carbocycles. The Hall–Kier alpha value is -3.11. The van der Waals surface area contributed by atoms with Crippen LogP contribution in [0, 0.1) is 0 Å². The summed E-state index contributed by atoms with van der Waals surface area (Å²) in [5, 5.41) is 8.50. The minimum Gasteiger partial charge on any atom is -0.340 e. The van der Waals surface area contributed by atoms with Gasteiger partial charge in [0.25, 0.3) is 0 Å². The minimum atomic E-state index is 0.710. The lowest BCUT2D eigenvalue weighted by Crippen LogP contribution is -1.95. The van der Waals surface area contributed by atoms with Crippen LogP contribution in [-0.2, 0) is 0 Å². The van der Waals surface area contributed by atoms with E-state index in [1.54, 1.807) is 6.20 Å². The molecule has 0 aliphatic rings. The average Bonchev–Trinajstić information content (AvgIpc) is 3.02. The number of anilines is 2. The number of pyridine rings is 2. The molecule has 4 nitrogen and oxygen atoms in total. The summed E-state index contributed by atoms with van der Waals surface area (Å²) in [5.41, 5.74) is 2.82. The van der Waals surface area contributed by atoms with Crippen LogP contribution in [0.5, 0.6) is 0 Å². The van der Waals surface area contributed by atoms with Gasteiger partial charge < -0.3 is 10.3 Å². The van der Waals surface area contributed by atoms with Crippen LogP contribution < -0.4 is 5.32 Å². The molecule has 0 saturated heterocycles. The van der Waals surface area contributed by atoms with Crippen LogP contribution in [-0.4, -0.2) is 15.0 Å². The zero-order chi connectivity index (χ0) is 16.8. The Morgan fingerprint density at radius 1 is 0.880 bits per heavy atom. The maximum Gasteiger partial charge on any atom is 0.141 e. The molecule has 3 aromatic heterocycles. The molecule has 0 aliphatic carbocycles. The molecule has 2 N–H and O–H groups in total. The van der Waals surface area contributed by atoms with Gasteiger partial charge >= 0.3 is 0 Å². The molecule has 0 bridgehead atoms. The Morgan fingerprint density at radius 2 is 1.68 bits per heavy atom. The van der Waals surface area contributed by atoms with Gasteiger partial charge in [-0.25, -0.2) is 4.98 Å². The highest BCUT2D eigenvalue weighted by Gasteiger charge is 2.13. The highest BCUT2D eigenvalue weighted by Crippen LogP contribution is 2.35. The van der Waals surface area contributed by atoms with Gasteiger partial charge in [0.1, 0.15) is 11.5 Å². The van der Waals surface area contributed by atoms with Crippen molar-refractivity contribution in [3.05, 3.63) is 72.0 Å². The van der Waals surface area contributed by atoms with Gasteiger partial charge in [-0.15, -0.1) is 0 Å². The minimum absolute atomic E-state index is 0.710. The van der Waals surface area contributed by atoms with Crippen LogP contribution in [0.4, 0.5) is 11.5 Å². The number of nitrogens with one attached hydrogen (secondary N) is 2. The number of hydrogen-bond donors (Lipinski definition) is 2. The first-order valence-electron chi connectivity index (χ1n) is 7.96. The predicted octanol–water partition coefficient (Wildman–Crippen LogP) is 5.66. The summed E-state index contributed by atoms with van der Waals surface area (Å²) in [5.74, 6) is 0.810. The molecule has 5 rings (SSSR count). The highest BCUT2D eigenvalue weighted by atomic mass is 35.5. The van der Waals surface area contributed by atoms with Gasteiger partial charge in [0.05, 0.1) is 5.52 Å². The Bertz CT molecular complexity index is 1230. The molecule has 5 heteroatoms. The second-order valence-electron chi connectivity index (χ2n) is 5.91. The number of aromatic amines is 1. The van der Waals surface area contributed by atoms with Crippen LogP contribution in [0.25, 0.3) is 32.7 Å². The third kappa shape index (κ3) is 2.30. The van der Waals surface area contributed by atoms with Crippen molar-refractivity contribution in [3.8, 4) is 0 Å². The highest BCUT2D eigenvalue weighted by molar-refractivity contribution is 6.30. The van der Waals surface area contributed by atoms with Crippen molar-refractivity contribution in [1.29, 1.82) is 0 Å². The molecule has 0 aliphatic heterocycles. The fraction of sp³-hybridized carbons (Fsp3) is 0. The fourth-order valence-corrected chi connectivity index (χ4v) is 3.35. The van der Waals surface area contributed by atoms with Crippen molar-refractivity contribution >= 4 is 55.8 Å². The Kier molecular flexibility index (Phi) is 3.11. The smallest absolute Gasteiger partial charge is 0.141 e. The lowest BCUT2D eigenvalue weighted by Gasteiger charge is -2.10. The van der Waals surface area contributed by atoms with Crippen LogP contribution in [0.1, 0.15) is 0 Å². The third-order valence-corrected chi connectivity index (χ3v) is 4.61. The van der Waals surface area contributed by atoms with E-state index in [-0.39, 0.29) is 0 Å². The van der Waals surface area contributed by atoms with Crippen molar-refractivity contribution in [2.24, 2.45) is 0 Å². The molecule has 0 radical (unpaired) electrons. The fourth-order valence-electron chi connectivity index (χ4n) is 3.22. The van der Waals surface area contributed by atoms with Gasteiger partial charge in [-0.05, 0) is 35.7 Å². The molecule has 120 valence electrons. The summed E-state index contributed by atoms with van der Waals surface area (Å²) in [7, 11) is 0. The number of H-pyrrole nitrogens is 1. The van der Waals surface area contributed by atoms with E-state index in [4.69, 9.17) is 16.6 Å². The summed E-state index contributed by atoms with van der Waals surface area (Å²) in [4.78, 5) is 12.5. The number of benzene rings is 2. The van der Waals surface area contributed by atoms with Gasteiger partial charge in [0.2, 0.25) is 0 Å². The second kappa shape index (κ2) is 5.46. The molecule has 0 amide bonds. The summed E-state index contributed by atoms with van der Waals surface area (Å²) in [6.45, 7) is 0. The number of rotatable bonds is 2. The van der Waals surface area contributed by atoms with Gasteiger partial charge in [-0.2, -0.15) is 0 Å². The number of aromatic nitrogens is 3. The zero-order valence-corrected chi connectivity index (χ0v) is 13.9. The van der Waals surface area contributed by atoms with Gasteiger partial charge in [0, 0.05) is 39.3 Å². The van der Waals surface area contributed by atoms with Crippen LogP contribution in [0.15, 0.2) is 67.0 Å². The molecule has 0 spiro atoms. The standard InChI is InChI=1S/C20H13ClN4/c21-12-5-7-13(8-6-12)23-19-15-4-2-1-3-14(15)18-16-11-22-10-9-17(16)24-20(18)25-19/h1-11H,(H2,23,24,25). The SMILES string of the molecule is Clc1ccc(Nc2nc3[nH]c4ccncc4c3c3ccccc23)cc1. The lowest BCUT2D eigenvalue weighted by atomic mass is 10.1. The molecule has 0 fully saturated rings. The predicted molar refractivity (Wildman–Crippen MR) is 104 cm³/mol. The van der Waals surface area contributed by atoms with Gasteiger partial charge in [-0.3, -0.25) is 4.98 Å². The van der Waals surface area contributed by atoms with Gasteiger partial charge in [-0.1, -0.05) is 35.9 Å². The van der Waals surface area contributed by atoms with Crippen molar-refractivity contribution in [2.75, 3.05) is 5.32 Å². The van der Waals surface area contributed by atoms with E-state index >= 15 is 0 Å². The van der Waals surface area contributed by atoms with Crippen molar-refractivity contribution in [1.82, 2.24) is 15.0 Å². The first-order valence-corrected chi connectivity index (χ1v) is 8.34. The molecular formula is C20H13ClN4.